The molecule has 2 aliphatic heterocycles. The van der Waals surface area contributed by atoms with E-state index in [1.165, 1.54) is 16.7 Å². The van der Waals surface area contributed by atoms with E-state index in [1.54, 1.807) is 6.92 Å². The molecule has 2 N–H and O–H groups in total. The molecule has 24 heavy (non-hydrogen) atoms. The molecule has 1 fully saturated rings. The molecule has 0 aliphatic carbocycles. The lowest BCUT2D eigenvalue weighted by atomic mass is 10.0. The van der Waals surface area contributed by atoms with Crippen molar-refractivity contribution in [1.29, 1.82) is 0 Å². The molecule has 8 nitrogen and oxygen atoms in total. The molecule has 2 unspecified atom stereocenters. The molecule has 0 aromatic heterocycles. The van der Waals surface area contributed by atoms with E-state index >= 15 is 0 Å². The van der Waals surface area contributed by atoms with Crippen molar-refractivity contribution in [3.63, 3.8) is 0 Å². The molecule has 132 valence electrons. The van der Waals surface area contributed by atoms with Crippen LogP contribution < -0.4 is 5.32 Å². The highest BCUT2D eigenvalue weighted by molar-refractivity contribution is 8.00. The molecule has 0 bridgehead atoms. The van der Waals surface area contributed by atoms with Crippen LogP contribution in [0.4, 0.5) is 0 Å². The molecule has 0 saturated carbocycles. The number of aldehydes is 1. The number of hydrogen-bond donors (Lipinski definition) is 2. The van der Waals surface area contributed by atoms with Crippen LogP contribution in [-0.2, 0) is 23.9 Å². The minimum absolute atomic E-state index is 0.147. The van der Waals surface area contributed by atoms with Crippen molar-refractivity contribution in [2.24, 2.45) is 0 Å². The Morgan fingerprint density at radius 3 is 2.88 bits per heavy atom. The molecule has 0 radical (unpaired) electrons. The lowest BCUT2D eigenvalue weighted by Gasteiger charge is -2.49. The predicted octanol–water partition coefficient (Wildman–Crippen LogP) is -0.0874. The Balaban J connectivity index is 1.95. The number of nitrogens with zero attached hydrogens (tertiary/aromatic N) is 1. The van der Waals surface area contributed by atoms with Gasteiger partial charge in [-0.1, -0.05) is 0 Å². The number of rotatable bonds is 8. The maximum Gasteiger partial charge on any atom is 0.357 e. The van der Waals surface area contributed by atoms with Crippen LogP contribution in [0.25, 0.3) is 0 Å². The van der Waals surface area contributed by atoms with Gasteiger partial charge in [0, 0.05) is 18.6 Å². The molecule has 0 spiro atoms. The van der Waals surface area contributed by atoms with E-state index < -0.39 is 18.8 Å². The molecule has 2 heterocycles. The van der Waals surface area contributed by atoms with Crippen molar-refractivity contribution in [2.75, 3.05) is 12.5 Å². The molecule has 0 aromatic carbocycles. The Kier molecular flexibility index (Phi) is 6.38. The van der Waals surface area contributed by atoms with Crippen LogP contribution in [-0.4, -0.2) is 58.0 Å². The Bertz CT molecular complexity index is 576. The van der Waals surface area contributed by atoms with Crippen LogP contribution in [0.15, 0.2) is 11.3 Å². The van der Waals surface area contributed by atoms with Crippen LogP contribution >= 0.6 is 11.8 Å². The molecule has 9 heteroatoms. The van der Waals surface area contributed by atoms with Crippen molar-refractivity contribution in [3.05, 3.63) is 11.3 Å². The average molecular weight is 356 g/mol. The van der Waals surface area contributed by atoms with Crippen molar-refractivity contribution in [1.82, 2.24) is 10.2 Å². The summed E-state index contributed by atoms with van der Waals surface area (Å²) < 4.78 is 4.58. The smallest absolute Gasteiger partial charge is 0.357 e. The van der Waals surface area contributed by atoms with Crippen LogP contribution in [0.1, 0.15) is 32.6 Å². The summed E-state index contributed by atoms with van der Waals surface area (Å²) in [6.07, 6.45) is 2.70. The van der Waals surface area contributed by atoms with E-state index in [0.29, 0.717) is 30.6 Å². The first-order valence-electron chi connectivity index (χ1n) is 7.66. The number of carbonyl (C=O) groups is 4. The van der Waals surface area contributed by atoms with Crippen LogP contribution in [0, 0.1) is 0 Å². The number of amides is 2. The lowest BCUT2D eigenvalue weighted by molar-refractivity contribution is -0.157. The summed E-state index contributed by atoms with van der Waals surface area (Å²) in [5, 5.41) is 11.1. The third-order valence-corrected chi connectivity index (χ3v) is 5.26. The second-order valence-corrected chi connectivity index (χ2v) is 6.66. The number of thioether (sulfide) groups is 1. The van der Waals surface area contributed by atoms with Gasteiger partial charge in [-0.25, -0.2) is 4.79 Å². The summed E-state index contributed by atoms with van der Waals surface area (Å²) in [6, 6.07) is -0.668. The van der Waals surface area contributed by atoms with Gasteiger partial charge in [0.2, 0.25) is 5.91 Å². The van der Waals surface area contributed by atoms with Gasteiger partial charge in [-0.05, 0) is 25.3 Å². The quantitative estimate of drug-likeness (QED) is 0.205. The van der Waals surface area contributed by atoms with E-state index in [-0.39, 0.29) is 29.3 Å². The molecule has 2 rings (SSSR count). The number of esters is 1. The number of aliphatic hydroxyl groups is 1. The number of hydrogen-bond acceptors (Lipinski definition) is 7. The van der Waals surface area contributed by atoms with Gasteiger partial charge in [-0.3, -0.25) is 14.5 Å². The fraction of sp³-hybridized carbons (Fsp3) is 0.600. The van der Waals surface area contributed by atoms with E-state index in [9.17, 15) is 19.2 Å². The highest BCUT2D eigenvalue weighted by Crippen LogP contribution is 2.40. The minimum Gasteiger partial charge on any atom is -0.434 e. The van der Waals surface area contributed by atoms with Gasteiger partial charge in [0.05, 0.1) is 0 Å². The van der Waals surface area contributed by atoms with Crippen LogP contribution in [0.2, 0.25) is 0 Å². The predicted molar refractivity (Wildman–Crippen MR) is 85.4 cm³/mol. The number of ether oxygens (including phenoxy) is 1. The summed E-state index contributed by atoms with van der Waals surface area (Å²) in [4.78, 5) is 47.7. The monoisotopic (exact) mass is 356 g/mol. The Hall–Kier alpha value is -1.87. The average Bonchev–Trinajstić information content (AvgIpc) is 2.56. The first kappa shape index (κ1) is 18.5. The highest BCUT2D eigenvalue weighted by atomic mass is 32.2. The summed E-state index contributed by atoms with van der Waals surface area (Å²) in [5.74, 6) is -0.814. The number of fused-ring (bicyclic) bond motifs is 1. The van der Waals surface area contributed by atoms with Crippen molar-refractivity contribution in [2.45, 2.75) is 44.0 Å². The maximum absolute atomic E-state index is 12.3. The number of nitrogens with one attached hydrogen (secondary N) is 1. The number of carbonyl (C=O) groups excluding carboxylic acids is 4. The standard InChI is InChI=1S/C15H20N2O6S/c1-9-7-24-14-11(16-10(20)5-3-2-4-6-18)13(21)17(14)12(9)15(22)23-8-19/h6,11,14,19H,2-5,7-8H2,1H3,(H,16,20). The Morgan fingerprint density at radius 2 is 2.21 bits per heavy atom. The topological polar surface area (TPSA) is 113 Å². The van der Waals surface area contributed by atoms with Crippen molar-refractivity contribution >= 4 is 35.8 Å². The molecule has 2 atom stereocenters. The molecular formula is C15H20N2O6S. The van der Waals surface area contributed by atoms with Crippen LogP contribution in [0.3, 0.4) is 0 Å². The van der Waals surface area contributed by atoms with E-state index in [0.717, 1.165) is 6.29 Å². The molecule has 1 saturated heterocycles. The first-order chi connectivity index (χ1) is 11.5. The second kappa shape index (κ2) is 8.29. The van der Waals surface area contributed by atoms with Crippen LogP contribution in [0.5, 0.6) is 0 Å². The third-order valence-electron chi connectivity index (χ3n) is 3.84. The number of β-lactam (4-membered cyclic amide) rings is 1. The highest BCUT2D eigenvalue weighted by Gasteiger charge is 2.53. The largest absolute Gasteiger partial charge is 0.434 e. The summed E-state index contributed by atoms with van der Waals surface area (Å²) in [7, 11) is 0. The van der Waals surface area contributed by atoms with E-state index in [2.05, 4.69) is 10.1 Å². The lowest BCUT2D eigenvalue weighted by Crippen LogP contribution is -2.70. The summed E-state index contributed by atoms with van der Waals surface area (Å²) >= 11 is 1.46. The van der Waals surface area contributed by atoms with Gasteiger partial charge in [0.1, 0.15) is 23.4 Å². The zero-order valence-electron chi connectivity index (χ0n) is 13.3. The van der Waals surface area contributed by atoms with Gasteiger partial charge in [-0.15, -0.1) is 11.8 Å². The Labute approximate surface area is 143 Å². The fourth-order valence-corrected chi connectivity index (χ4v) is 3.94. The zero-order valence-corrected chi connectivity index (χ0v) is 14.1. The van der Waals surface area contributed by atoms with E-state index in [1.807, 2.05) is 0 Å². The van der Waals surface area contributed by atoms with Gasteiger partial charge < -0.3 is 20.0 Å². The molecule has 2 amide bonds. The molecular weight excluding hydrogens is 336 g/mol. The number of aliphatic hydroxyl groups excluding tert-OH is 1. The maximum atomic E-state index is 12.3. The zero-order chi connectivity index (χ0) is 17.7. The molecule has 0 aromatic rings. The normalized spacial score (nSPS) is 22.6. The number of unbranched alkanes of at least 4 members (excludes halogenated alkanes) is 2. The molecule has 2 aliphatic rings. The van der Waals surface area contributed by atoms with Gasteiger partial charge >= 0.3 is 5.97 Å². The van der Waals surface area contributed by atoms with E-state index in [4.69, 9.17) is 5.11 Å². The fourth-order valence-electron chi connectivity index (χ4n) is 2.65. The summed E-state index contributed by atoms with van der Waals surface area (Å²) in [6.45, 7) is 0.972. The van der Waals surface area contributed by atoms with Gasteiger partial charge in [-0.2, -0.15) is 0 Å². The second-order valence-electron chi connectivity index (χ2n) is 5.56. The SMILES string of the molecule is CC1=C(C(=O)OCO)N2C(=O)C(NC(=O)CCCCC=O)C2SC1. The minimum atomic E-state index is -0.754. The van der Waals surface area contributed by atoms with Crippen molar-refractivity contribution < 1.29 is 29.0 Å². The van der Waals surface area contributed by atoms with Gasteiger partial charge in [0.15, 0.2) is 6.79 Å². The summed E-state index contributed by atoms with van der Waals surface area (Å²) in [5.41, 5.74) is 0.843. The third kappa shape index (κ3) is 3.78. The van der Waals surface area contributed by atoms with Crippen molar-refractivity contribution in [3.8, 4) is 0 Å². The van der Waals surface area contributed by atoms with Gasteiger partial charge in [0.25, 0.3) is 5.91 Å². The Morgan fingerprint density at radius 1 is 1.46 bits per heavy atom. The first-order valence-corrected chi connectivity index (χ1v) is 8.71.